The van der Waals surface area contributed by atoms with E-state index in [0.29, 0.717) is 24.3 Å². The molecule has 6 heteroatoms. The van der Waals surface area contributed by atoms with Crippen LogP contribution in [0.2, 0.25) is 0 Å². The number of nitrogens with one attached hydrogen (secondary N) is 2. The Hall–Kier alpha value is -3.15. The van der Waals surface area contributed by atoms with Gasteiger partial charge in [-0.25, -0.2) is 0 Å². The molecule has 3 rings (SSSR count). The molecule has 0 spiro atoms. The van der Waals surface area contributed by atoms with E-state index in [0.717, 1.165) is 17.1 Å². The molecule has 0 aliphatic carbocycles. The fourth-order valence-electron chi connectivity index (χ4n) is 2.64. The molecule has 0 unspecified atom stereocenters. The van der Waals surface area contributed by atoms with Gasteiger partial charge in [-0.3, -0.25) is 0 Å². The molecule has 0 aliphatic rings. The number of hydrogen-bond acceptors (Lipinski definition) is 6. The van der Waals surface area contributed by atoms with Crippen LogP contribution in [0.3, 0.4) is 0 Å². The first-order valence-corrected chi connectivity index (χ1v) is 8.72. The van der Waals surface area contributed by atoms with Crippen LogP contribution in [0.5, 0.6) is 5.75 Å². The van der Waals surface area contributed by atoms with Crippen molar-refractivity contribution in [3.05, 3.63) is 60.3 Å². The highest BCUT2D eigenvalue weighted by Crippen LogP contribution is 2.28. The molecule has 1 aromatic heterocycles. The highest BCUT2D eigenvalue weighted by molar-refractivity contribution is 5.64. The van der Waals surface area contributed by atoms with Gasteiger partial charge in [0, 0.05) is 5.69 Å². The number of para-hydroxylation sites is 3. The van der Waals surface area contributed by atoms with Crippen molar-refractivity contribution in [3.8, 4) is 5.75 Å². The molecule has 134 valence electrons. The summed E-state index contributed by atoms with van der Waals surface area (Å²) in [4.78, 5) is 4.51. The van der Waals surface area contributed by atoms with Gasteiger partial charge >= 0.3 is 0 Å². The number of anilines is 4. The normalized spacial score (nSPS) is 10.6. The van der Waals surface area contributed by atoms with Gasteiger partial charge in [-0.05, 0) is 36.6 Å². The van der Waals surface area contributed by atoms with E-state index < -0.39 is 0 Å². The Morgan fingerprint density at radius 1 is 0.962 bits per heavy atom. The second-order valence-corrected chi connectivity index (χ2v) is 6.09. The van der Waals surface area contributed by atoms with Gasteiger partial charge in [-0.15, -0.1) is 5.10 Å². The number of ether oxygens (including phenoxy) is 1. The minimum Gasteiger partial charge on any atom is -0.492 e. The molecule has 6 nitrogen and oxygen atoms in total. The predicted molar refractivity (Wildman–Crippen MR) is 105 cm³/mol. The summed E-state index contributed by atoms with van der Waals surface area (Å²) in [6.45, 7) is 6.86. The SMILES string of the molecule is CCOc1ccccc1Nc1nncc(Nc2ccccc2C(C)C)n1. The summed E-state index contributed by atoms with van der Waals surface area (Å²) in [5.41, 5.74) is 3.04. The maximum atomic E-state index is 5.62. The number of rotatable bonds is 7. The molecule has 0 bridgehead atoms. The third-order valence-corrected chi connectivity index (χ3v) is 3.84. The van der Waals surface area contributed by atoms with Gasteiger partial charge in [0.15, 0.2) is 5.82 Å². The zero-order chi connectivity index (χ0) is 18.4. The molecule has 0 amide bonds. The van der Waals surface area contributed by atoms with Crippen molar-refractivity contribution in [2.45, 2.75) is 26.7 Å². The summed E-state index contributed by atoms with van der Waals surface area (Å²) in [5, 5.41) is 14.6. The van der Waals surface area contributed by atoms with Gasteiger partial charge in [0.1, 0.15) is 5.75 Å². The molecule has 1 heterocycles. The molecular weight excluding hydrogens is 326 g/mol. The Kier molecular flexibility index (Phi) is 5.63. The number of aromatic nitrogens is 3. The summed E-state index contributed by atoms with van der Waals surface area (Å²) in [5.74, 6) is 2.19. The average Bonchev–Trinajstić information content (AvgIpc) is 2.64. The van der Waals surface area contributed by atoms with Crippen molar-refractivity contribution in [3.63, 3.8) is 0 Å². The lowest BCUT2D eigenvalue weighted by Crippen LogP contribution is -2.05. The van der Waals surface area contributed by atoms with E-state index in [2.05, 4.69) is 45.7 Å². The standard InChI is InChI=1S/C20H23N5O/c1-4-26-18-12-8-7-11-17(18)23-20-24-19(13-21-25-20)22-16-10-6-5-9-15(16)14(2)3/h5-14H,4H2,1-3H3,(H2,22,23,24,25). The zero-order valence-electron chi connectivity index (χ0n) is 15.2. The zero-order valence-corrected chi connectivity index (χ0v) is 15.2. The summed E-state index contributed by atoms with van der Waals surface area (Å²) >= 11 is 0. The van der Waals surface area contributed by atoms with Gasteiger partial charge < -0.3 is 15.4 Å². The van der Waals surface area contributed by atoms with Gasteiger partial charge in [0.25, 0.3) is 0 Å². The second-order valence-electron chi connectivity index (χ2n) is 6.09. The first-order valence-electron chi connectivity index (χ1n) is 8.72. The molecule has 0 radical (unpaired) electrons. The molecule has 26 heavy (non-hydrogen) atoms. The third-order valence-electron chi connectivity index (χ3n) is 3.84. The minimum atomic E-state index is 0.407. The number of benzene rings is 2. The van der Waals surface area contributed by atoms with E-state index >= 15 is 0 Å². The van der Waals surface area contributed by atoms with E-state index in [9.17, 15) is 0 Å². The molecule has 0 aliphatic heterocycles. The average molecular weight is 349 g/mol. The maximum Gasteiger partial charge on any atom is 0.249 e. The van der Waals surface area contributed by atoms with Crippen molar-refractivity contribution < 1.29 is 4.74 Å². The summed E-state index contributed by atoms with van der Waals surface area (Å²) in [6, 6.07) is 15.9. The summed E-state index contributed by atoms with van der Waals surface area (Å²) < 4.78 is 5.62. The van der Waals surface area contributed by atoms with Crippen LogP contribution in [0.1, 0.15) is 32.3 Å². The fraction of sp³-hybridized carbons (Fsp3) is 0.250. The van der Waals surface area contributed by atoms with Crippen molar-refractivity contribution >= 4 is 23.1 Å². The van der Waals surface area contributed by atoms with Crippen LogP contribution in [0.15, 0.2) is 54.7 Å². The number of hydrogen-bond donors (Lipinski definition) is 2. The van der Waals surface area contributed by atoms with Crippen LogP contribution in [0.4, 0.5) is 23.1 Å². The van der Waals surface area contributed by atoms with Gasteiger partial charge in [-0.2, -0.15) is 10.1 Å². The Balaban J connectivity index is 1.82. The van der Waals surface area contributed by atoms with Gasteiger partial charge in [-0.1, -0.05) is 44.2 Å². The first kappa shape index (κ1) is 17.7. The summed E-state index contributed by atoms with van der Waals surface area (Å²) in [7, 11) is 0. The fourth-order valence-corrected chi connectivity index (χ4v) is 2.64. The quantitative estimate of drug-likeness (QED) is 0.633. The molecule has 0 saturated carbocycles. The molecule has 2 N–H and O–H groups in total. The predicted octanol–water partition coefficient (Wildman–Crippen LogP) is 4.88. The highest BCUT2D eigenvalue weighted by atomic mass is 16.5. The van der Waals surface area contributed by atoms with Crippen molar-refractivity contribution in [1.82, 2.24) is 15.2 Å². The van der Waals surface area contributed by atoms with Crippen LogP contribution >= 0.6 is 0 Å². The summed E-state index contributed by atoms with van der Waals surface area (Å²) in [6.07, 6.45) is 1.61. The molecule has 2 aromatic carbocycles. The smallest absolute Gasteiger partial charge is 0.249 e. The topological polar surface area (TPSA) is 72.0 Å². The van der Waals surface area contributed by atoms with Gasteiger partial charge in [0.05, 0.1) is 18.5 Å². The molecule has 0 saturated heterocycles. The van der Waals surface area contributed by atoms with E-state index in [1.165, 1.54) is 5.56 Å². The highest BCUT2D eigenvalue weighted by Gasteiger charge is 2.09. The van der Waals surface area contributed by atoms with E-state index in [-0.39, 0.29) is 0 Å². The molecular formula is C20H23N5O. The van der Waals surface area contributed by atoms with Crippen molar-refractivity contribution in [2.24, 2.45) is 0 Å². The van der Waals surface area contributed by atoms with Crippen LogP contribution in [0, 0.1) is 0 Å². The van der Waals surface area contributed by atoms with Crippen LogP contribution in [0.25, 0.3) is 0 Å². The second kappa shape index (κ2) is 8.29. The largest absolute Gasteiger partial charge is 0.492 e. The Morgan fingerprint density at radius 2 is 1.69 bits per heavy atom. The molecule has 0 fully saturated rings. The van der Waals surface area contributed by atoms with Crippen molar-refractivity contribution in [2.75, 3.05) is 17.2 Å². The van der Waals surface area contributed by atoms with Crippen LogP contribution < -0.4 is 15.4 Å². The molecule has 3 aromatic rings. The van der Waals surface area contributed by atoms with Crippen LogP contribution in [-0.2, 0) is 0 Å². The number of nitrogens with zero attached hydrogens (tertiary/aromatic N) is 3. The third kappa shape index (κ3) is 4.27. The molecule has 0 atom stereocenters. The lowest BCUT2D eigenvalue weighted by atomic mass is 10.0. The van der Waals surface area contributed by atoms with Crippen LogP contribution in [-0.4, -0.2) is 21.8 Å². The van der Waals surface area contributed by atoms with E-state index in [4.69, 9.17) is 4.74 Å². The maximum absolute atomic E-state index is 5.62. The minimum absolute atomic E-state index is 0.407. The lowest BCUT2D eigenvalue weighted by Gasteiger charge is -2.14. The Morgan fingerprint density at radius 3 is 2.46 bits per heavy atom. The first-order chi connectivity index (χ1) is 12.7. The monoisotopic (exact) mass is 349 g/mol. The van der Waals surface area contributed by atoms with Crippen molar-refractivity contribution in [1.29, 1.82) is 0 Å². The Labute approximate surface area is 153 Å². The van der Waals surface area contributed by atoms with E-state index in [1.54, 1.807) is 6.20 Å². The lowest BCUT2D eigenvalue weighted by molar-refractivity contribution is 0.342. The van der Waals surface area contributed by atoms with E-state index in [1.807, 2.05) is 49.4 Å². The Bertz CT molecular complexity index is 866. The van der Waals surface area contributed by atoms with Gasteiger partial charge in [0.2, 0.25) is 5.95 Å².